The molecule has 0 fully saturated rings. The zero-order valence-corrected chi connectivity index (χ0v) is 11.1. The molecular formula is C13H15N3OS. The van der Waals surface area contributed by atoms with Crippen molar-refractivity contribution in [1.82, 2.24) is 10.3 Å². The van der Waals surface area contributed by atoms with Crippen molar-refractivity contribution in [3.05, 3.63) is 45.9 Å². The SMILES string of the molecule is Cc1cnc(C(C)NC(=O)c2cccc(N)c2)s1. The first-order valence-corrected chi connectivity index (χ1v) is 6.46. The van der Waals surface area contributed by atoms with Crippen LogP contribution in [0, 0.1) is 6.92 Å². The molecule has 1 aromatic carbocycles. The summed E-state index contributed by atoms with van der Waals surface area (Å²) in [7, 11) is 0. The van der Waals surface area contributed by atoms with Crippen molar-refractivity contribution in [3.63, 3.8) is 0 Å². The fourth-order valence-electron chi connectivity index (χ4n) is 1.59. The van der Waals surface area contributed by atoms with Gasteiger partial charge in [0.1, 0.15) is 5.01 Å². The van der Waals surface area contributed by atoms with Crippen LogP contribution in [0.4, 0.5) is 5.69 Å². The number of carbonyl (C=O) groups excluding carboxylic acids is 1. The predicted octanol–water partition coefficient (Wildman–Crippen LogP) is 2.52. The van der Waals surface area contributed by atoms with Crippen molar-refractivity contribution in [2.75, 3.05) is 5.73 Å². The highest BCUT2D eigenvalue weighted by atomic mass is 32.1. The van der Waals surface area contributed by atoms with Gasteiger partial charge in [-0.15, -0.1) is 11.3 Å². The number of thiazole rings is 1. The lowest BCUT2D eigenvalue weighted by Crippen LogP contribution is -2.26. The van der Waals surface area contributed by atoms with Crippen molar-refractivity contribution >= 4 is 22.9 Å². The van der Waals surface area contributed by atoms with Gasteiger partial charge in [0.05, 0.1) is 6.04 Å². The molecule has 18 heavy (non-hydrogen) atoms. The number of aryl methyl sites for hydroxylation is 1. The second-order valence-corrected chi connectivity index (χ2v) is 5.40. The number of anilines is 1. The fourth-order valence-corrected chi connectivity index (χ4v) is 2.37. The lowest BCUT2D eigenvalue weighted by Gasteiger charge is -2.11. The van der Waals surface area contributed by atoms with Gasteiger partial charge in [-0.05, 0) is 32.0 Å². The molecule has 1 unspecified atom stereocenters. The van der Waals surface area contributed by atoms with Gasteiger partial charge in [0.25, 0.3) is 5.91 Å². The van der Waals surface area contributed by atoms with E-state index in [1.165, 1.54) is 0 Å². The maximum atomic E-state index is 12.0. The molecular weight excluding hydrogens is 246 g/mol. The molecule has 0 radical (unpaired) electrons. The number of benzene rings is 1. The molecule has 94 valence electrons. The van der Waals surface area contributed by atoms with Gasteiger partial charge in [-0.3, -0.25) is 4.79 Å². The van der Waals surface area contributed by atoms with Gasteiger partial charge < -0.3 is 11.1 Å². The Morgan fingerprint density at radius 1 is 1.50 bits per heavy atom. The van der Waals surface area contributed by atoms with E-state index < -0.39 is 0 Å². The van der Waals surface area contributed by atoms with Gasteiger partial charge in [-0.25, -0.2) is 4.98 Å². The lowest BCUT2D eigenvalue weighted by molar-refractivity contribution is 0.0940. The third kappa shape index (κ3) is 2.87. The van der Waals surface area contributed by atoms with Gasteiger partial charge in [-0.1, -0.05) is 6.07 Å². The van der Waals surface area contributed by atoms with E-state index >= 15 is 0 Å². The van der Waals surface area contributed by atoms with E-state index in [4.69, 9.17) is 5.73 Å². The molecule has 2 rings (SSSR count). The van der Waals surface area contributed by atoms with Crippen molar-refractivity contribution < 1.29 is 4.79 Å². The predicted molar refractivity (Wildman–Crippen MR) is 73.6 cm³/mol. The first kappa shape index (κ1) is 12.6. The van der Waals surface area contributed by atoms with Crippen LogP contribution >= 0.6 is 11.3 Å². The van der Waals surface area contributed by atoms with Crippen LogP contribution in [0.2, 0.25) is 0 Å². The van der Waals surface area contributed by atoms with Gasteiger partial charge >= 0.3 is 0 Å². The number of nitrogens with one attached hydrogen (secondary N) is 1. The summed E-state index contributed by atoms with van der Waals surface area (Å²) in [6.45, 7) is 3.91. The van der Waals surface area contributed by atoms with Crippen LogP contribution in [0.15, 0.2) is 30.5 Å². The van der Waals surface area contributed by atoms with Gasteiger partial charge in [0.2, 0.25) is 0 Å². The molecule has 1 aromatic heterocycles. The first-order chi connectivity index (χ1) is 8.56. The van der Waals surface area contributed by atoms with Gasteiger partial charge in [0.15, 0.2) is 0 Å². The standard InChI is InChI=1S/C13H15N3OS/c1-8-7-15-13(18-8)9(2)16-12(17)10-4-3-5-11(14)6-10/h3-7,9H,14H2,1-2H3,(H,16,17). The summed E-state index contributed by atoms with van der Waals surface area (Å²) in [6, 6.07) is 6.82. The van der Waals surface area contributed by atoms with Crippen molar-refractivity contribution in [3.8, 4) is 0 Å². The number of nitrogen functional groups attached to an aromatic ring is 1. The molecule has 0 aliphatic carbocycles. The van der Waals surface area contributed by atoms with Crippen LogP contribution < -0.4 is 11.1 Å². The molecule has 5 heteroatoms. The van der Waals surface area contributed by atoms with Crippen molar-refractivity contribution in [1.29, 1.82) is 0 Å². The Kier molecular flexibility index (Phi) is 3.62. The third-order valence-corrected chi connectivity index (χ3v) is 3.60. The van der Waals surface area contributed by atoms with Gasteiger partial charge in [0, 0.05) is 22.3 Å². The normalized spacial score (nSPS) is 12.1. The molecule has 0 bridgehead atoms. The van der Waals surface area contributed by atoms with Crippen molar-refractivity contribution in [2.45, 2.75) is 19.9 Å². The Balaban J connectivity index is 2.08. The third-order valence-electron chi connectivity index (χ3n) is 2.51. The molecule has 3 N–H and O–H groups in total. The van der Waals surface area contributed by atoms with E-state index in [1.54, 1.807) is 35.6 Å². The Morgan fingerprint density at radius 3 is 2.89 bits per heavy atom. The number of carbonyl (C=O) groups is 1. The maximum absolute atomic E-state index is 12.0. The summed E-state index contributed by atoms with van der Waals surface area (Å²) in [5.41, 5.74) is 6.80. The fraction of sp³-hybridized carbons (Fsp3) is 0.231. The molecule has 1 atom stereocenters. The Morgan fingerprint density at radius 2 is 2.28 bits per heavy atom. The number of amides is 1. The van der Waals surface area contributed by atoms with E-state index in [1.807, 2.05) is 20.0 Å². The van der Waals surface area contributed by atoms with E-state index in [0.29, 0.717) is 11.3 Å². The highest BCUT2D eigenvalue weighted by Gasteiger charge is 2.13. The molecule has 0 aliphatic rings. The monoisotopic (exact) mass is 261 g/mol. The largest absolute Gasteiger partial charge is 0.399 e. The zero-order valence-electron chi connectivity index (χ0n) is 10.3. The van der Waals surface area contributed by atoms with Crippen LogP contribution in [-0.4, -0.2) is 10.9 Å². The molecule has 1 amide bonds. The minimum Gasteiger partial charge on any atom is -0.399 e. The highest BCUT2D eigenvalue weighted by molar-refractivity contribution is 7.11. The quantitative estimate of drug-likeness (QED) is 0.834. The second-order valence-electron chi connectivity index (χ2n) is 4.13. The average molecular weight is 261 g/mol. The summed E-state index contributed by atoms with van der Waals surface area (Å²) >= 11 is 1.59. The average Bonchev–Trinajstić information content (AvgIpc) is 2.76. The topological polar surface area (TPSA) is 68.0 Å². The second kappa shape index (κ2) is 5.18. The van der Waals surface area contributed by atoms with Crippen LogP contribution in [-0.2, 0) is 0 Å². The Bertz CT molecular complexity index is 565. The number of hydrogen-bond donors (Lipinski definition) is 2. The molecule has 2 aromatic rings. The number of aromatic nitrogens is 1. The van der Waals surface area contributed by atoms with Gasteiger partial charge in [-0.2, -0.15) is 0 Å². The molecule has 4 nitrogen and oxygen atoms in total. The summed E-state index contributed by atoms with van der Waals surface area (Å²) in [5, 5.41) is 3.81. The number of nitrogens with two attached hydrogens (primary N) is 1. The number of nitrogens with zero attached hydrogens (tertiary/aromatic N) is 1. The smallest absolute Gasteiger partial charge is 0.251 e. The summed E-state index contributed by atoms with van der Waals surface area (Å²) in [6.07, 6.45) is 1.81. The summed E-state index contributed by atoms with van der Waals surface area (Å²) in [5.74, 6) is -0.136. The molecule has 0 saturated heterocycles. The summed E-state index contributed by atoms with van der Waals surface area (Å²) < 4.78 is 0. The number of rotatable bonds is 3. The van der Waals surface area contributed by atoms with E-state index in [2.05, 4.69) is 10.3 Å². The van der Waals surface area contributed by atoms with Crippen LogP contribution in [0.3, 0.4) is 0 Å². The lowest BCUT2D eigenvalue weighted by atomic mass is 10.2. The minimum atomic E-state index is -0.136. The van der Waals surface area contributed by atoms with Crippen molar-refractivity contribution in [2.24, 2.45) is 0 Å². The first-order valence-electron chi connectivity index (χ1n) is 5.65. The Hall–Kier alpha value is -1.88. The van der Waals surface area contributed by atoms with E-state index in [9.17, 15) is 4.79 Å². The maximum Gasteiger partial charge on any atom is 0.251 e. The Labute approximate surface area is 110 Å². The van der Waals surface area contributed by atoms with Crippen LogP contribution in [0.1, 0.15) is 33.2 Å². The number of hydrogen-bond acceptors (Lipinski definition) is 4. The molecule has 0 aliphatic heterocycles. The zero-order chi connectivity index (χ0) is 13.1. The van der Waals surface area contributed by atoms with Crippen LogP contribution in [0.5, 0.6) is 0 Å². The highest BCUT2D eigenvalue weighted by Crippen LogP contribution is 2.19. The van der Waals surface area contributed by atoms with E-state index in [-0.39, 0.29) is 11.9 Å². The molecule has 1 heterocycles. The van der Waals surface area contributed by atoms with Crippen LogP contribution in [0.25, 0.3) is 0 Å². The minimum absolute atomic E-state index is 0.0994. The van der Waals surface area contributed by atoms with E-state index in [0.717, 1.165) is 9.88 Å². The summed E-state index contributed by atoms with van der Waals surface area (Å²) in [4.78, 5) is 17.4. The molecule has 0 saturated carbocycles. The molecule has 0 spiro atoms.